The van der Waals surface area contributed by atoms with Gasteiger partial charge in [-0.25, -0.2) is 5.10 Å². The molecule has 0 unspecified atom stereocenters. The first-order chi connectivity index (χ1) is 8.11. The van der Waals surface area contributed by atoms with Crippen LogP contribution in [0.15, 0.2) is 29.1 Å². The van der Waals surface area contributed by atoms with Gasteiger partial charge in [-0.2, -0.15) is 5.10 Å². The summed E-state index contributed by atoms with van der Waals surface area (Å²) in [6, 6.07) is 7.33. The second kappa shape index (κ2) is 4.41. The van der Waals surface area contributed by atoms with Crippen molar-refractivity contribution >= 4 is 0 Å². The van der Waals surface area contributed by atoms with Crippen molar-refractivity contribution in [3.8, 4) is 16.9 Å². The highest BCUT2D eigenvalue weighted by Crippen LogP contribution is 2.27. The Hall–Kier alpha value is -2.10. The van der Waals surface area contributed by atoms with E-state index in [1.807, 2.05) is 32.0 Å². The number of aromatic nitrogens is 2. The van der Waals surface area contributed by atoms with Gasteiger partial charge in [0.2, 0.25) is 0 Å². The van der Waals surface area contributed by atoms with Gasteiger partial charge in [0.05, 0.1) is 12.8 Å². The number of benzene rings is 1. The number of aromatic amines is 1. The van der Waals surface area contributed by atoms with Crippen LogP contribution in [0.3, 0.4) is 0 Å². The van der Waals surface area contributed by atoms with E-state index < -0.39 is 0 Å². The van der Waals surface area contributed by atoms with E-state index in [4.69, 9.17) is 4.74 Å². The quantitative estimate of drug-likeness (QED) is 0.859. The van der Waals surface area contributed by atoms with E-state index in [1.54, 1.807) is 13.2 Å². The Bertz CT molecular complexity index is 603. The maximum absolute atomic E-state index is 11.3. The fourth-order valence-corrected chi connectivity index (χ4v) is 1.80. The van der Waals surface area contributed by atoms with E-state index in [-0.39, 0.29) is 5.56 Å². The summed E-state index contributed by atoms with van der Waals surface area (Å²) in [7, 11) is 1.63. The largest absolute Gasteiger partial charge is 0.497 e. The molecule has 1 aromatic carbocycles. The molecule has 0 atom stereocenters. The molecule has 2 rings (SSSR count). The van der Waals surface area contributed by atoms with Crippen molar-refractivity contribution in [2.45, 2.75) is 13.8 Å². The van der Waals surface area contributed by atoms with Crippen molar-refractivity contribution in [2.75, 3.05) is 7.11 Å². The Morgan fingerprint density at radius 3 is 2.59 bits per heavy atom. The first-order valence-electron chi connectivity index (χ1n) is 5.33. The van der Waals surface area contributed by atoms with Crippen LogP contribution in [0.25, 0.3) is 11.1 Å². The Kier molecular flexibility index (Phi) is 2.95. The molecule has 0 aliphatic heterocycles. The normalized spacial score (nSPS) is 10.3. The topological polar surface area (TPSA) is 55.0 Å². The van der Waals surface area contributed by atoms with Gasteiger partial charge in [-0.05, 0) is 37.1 Å². The second-order valence-corrected chi connectivity index (χ2v) is 3.91. The van der Waals surface area contributed by atoms with Gasteiger partial charge in [-0.15, -0.1) is 0 Å². The Labute approximate surface area is 99.3 Å². The summed E-state index contributed by atoms with van der Waals surface area (Å²) in [6.45, 7) is 3.85. The molecule has 0 aliphatic rings. The average molecular weight is 230 g/mol. The second-order valence-electron chi connectivity index (χ2n) is 3.91. The van der Waals surface area contributed by atoms with E-state index in [1.165, 1.54) is 0 Å². The van der Waals surface area contributed by atoms with E-state index in [2.05, 4.69) is 10.2 Å². The minimum absolute atomic E-state index is 0.194. The third kappa shape index (κ3) is 2.20. The van der Waals surface area contributed by atoms with Crippen LogP contribution in [-0.4, -0.2) is 17.3 Å². The van der Waals surface area contributed by atoms with Gasteiger partial charge >= 0.3 is 0 Å². The number of methoxy groups -OCH3 is 1. The van der Waals surface area contributed by atoms with Crippen LogP contribution in [-0.2, 0) is 0 Å². The Morgan fingerprint density at radius 1 is 1.18 bits per heavy atom. The molecule has 88 valence electrons. The van der Waals surface area contributed by atoms with Crippen LogP contribution in [0.2, 0.25) is 0 Å². The standard InChI is InChI=1S/C13H14N2O2/c1-8-6-10(17-3)4-5-11(8)12-7-13(16)15-14-9(12)2/h4-7H,1-3H3,(H,15,16). The van der Waals surface area contributed by atoms with Gasteiger partial charge < -0.3 is 4.74 Å². The number of hydrogen-bond donors (Lipinski definition) is 1. The minimum atomic E-state index is -0.194. The predicted octanol–water partition coefficient (Wildman–Crippen LogP) is 2.06. The van der Waals surface area contributed by atoms with Crippen molar-refractivity contribution in [2.24, 2.45) is 0 Å². The summed E-state index contributed by atoms with van der Waals surface area (Å²) in [5, 5.41) is 6.39. The maximum atomic E-state index is 11.3. The third-order valence-corrected chi connectivity index (χ3v) is 2.72. The van der Waals surface area contributed by atoms with Crippen LogP contribution in [0.5, 0.6) is 5.75 Å². The van der Waals surface area contributed by atoms with E-state index in [9.17, 15) is 4.79 Å². The van der Waals surface area contributed by atoms with Crippen molar-refractivity contribution in [1.29, 1.82) is 0 Å². The van der Waals surface area contributed by atoms with Gasteiger partial charge in [-0.3, -0.25) is 4.79 Å². The molecule has 0 bridgehead atoms. The van der Waals surface area contributed by atoms with E-state index >= 15 is 0 Å². The van der Waals surface area contributed by atoms with Crippen molar-refractivity contribution in [3.05, 3.63) is 45.9 Å². The lowest BCUT2D eigenvalue weighted by Gasteiger charge is -2.09. The predicted molar refractivity (Wildman–Crippen MR) is 66.3 cm³/mol. The molecular weight excluding hydrogens is 216 g/mol. The summed E-state index contributed by atoms with van der Waals surface area (Å²) >= 11 is 0. The highest BCUT2D eigenvalue weighted by molar-refractivity contribution is 5.69. The zero-order valence-electron chi connectivity index (χ0n) is 10.1. The summed E-state index contributed by atoms with van der Waals surface area (Å²) < 4.78 is 5.16. The number of ether oxygens (including phenoxy) is 1. The zero-order chi connectivity index (χ0) is 12.4. The maximum Gasteiger partial charge on any atom is 0.264 e. The molecule has 0 saturated carbocycles. The van der Waals surface area contributed by atoms with Crippen LogP contribution in [0, 0.1) is 13.8 Å². The SMILES string of the molecule is COc1ccc(-c2cc(=O)[nH]nc2C)c(C)c1. The van der Waals surface area contributed by atoms with E-state index in [0.717, 1.165) is 28.1 Å². The number of nitrogens with zero attached hydrogens (tertiary/aromatic N) is 1. The number of H-pyrrole nitrogens is 1. The van der Waals surface area contributed by atoms with Gasteiger partial charge in [0, 0.05) is 11.6 Å². The zero-order valence-corrected chi connectivity index (χ0v) is 10.1. The van der Waals surface area contributed by atoms with Crippen LogP contribution in [0.1, 0.15) is 11.3 Å². The molecule has 0 radical (unpaired) electrons. The third-order valence-electron chi connectivity index (χ3n) is 2.72. The summed E-state index contributed by atoms with van der Waals surface area (Å²) in [5.41, 5.74) is 3.52. The van der Waals surface area contributed by atoms with Crippen LogP contribution in [0.4, 0.5) is 0 Å². The number of hydrogen-bond acceptors (Lipinski definition) is 3. The monoisotopic (exact) mass is 230 g/mol. The van der Waals surface area contributed by atoms with Gasteiger partial charge in [0.25, 0.3) is 5.56 Å². The van der Waals surface area contributed by atoms with Crippen molar-refractivity contribution in [1.82, 2.24) is 10.2 Å². The summed E-state index contributed by atoms with van der Waals surface area (Å²) in [5.74, 6) is 0.807. The smallest absolute Gasteiger partial charge is 0.264 e. The fraction of sp³-hybridized carbons (Fsp3) is 0.231. The highest BCUT2D eigenvalue weighted by atomic mass is 16.5. The number of aryl methyl sites for hydroxylation is 2. The minimum Gasteiger partial charge on any atom is -0.497 e. The summed E-state index contributed by atoms with van der Waals surface area (Å²) in [6.07, 6.45) is 0. The van der Waals surface area contributed by atoms with Crippen LogP contribution < -0.4 is 10.3 Å². The van der Waals surface area contributed by atoms with Gasteiger partial charge in [0.15, 0.2) is 0 Å². The van der Waals surface area contributed by atoms with E-state index in [0.29, 0.717) is 0 Å². The molecule has 4 heteroatoms. The molecule has 17 heavy (non-hydrogen) atoms. The molecule has 0 aliphatic carbocycles. The number of nitrogens with one attached hydrogen (secondary N) is 1. The molecule has 0 saturated heterocycles. The van der Waals surface area contributed by atoms with Crippen LogP contribution >= 0.6 is 0 Å². The van der Waals surface area contributed by atoms with Crippen molar-refractivity contribution in [3.63, 3.8) is 0 Å². The molecular formula is C13H14N2O2. The van der Waals surface area contributed by atoms with Crippen molar-refractivity contribution < 1.29 is 4.74 Å². The molecule has 2 aromatic rings. The lowest BCUT2D eigenvalue weighted by molar-refractivity contribution is 0.414. The molecule has 1 heterocycles. The Morgan fingerprint density at radius 2 is 1.94 bits per heavy atom. The fourth-order valence-electron chi connectivity index (χ4n) is 1.80. The number of rotatable bonds is 2. The van der Waals surface area contributed by atoms with Gasteiger partial charge in [0.1, 0.15) is 5.75 Å². The lowest BCUT2D eigenvalue weighted by Crippen LogP contribution is -2.08. The first-order valence-corrected chi connectivity index (χ1v) is 5.33. The molecule has 0 fully saturated rings. The molecule has 1 N–H and O–H groups in total. The Balaban J connectivity index is 2.60. The molecule has 4 nitrogen and oxygen atoms in total. The summed E-state index contributed by atoms with van der Waals surface area (Å²) in [4.78, 5) is 11.3. The molecule has 0 spiro atoms. The van der Waals surface area contributed by atoms with Gasteiger partial charge in [-0.1, -0.05) is 6.07 Å². The average Bonchev–Trinajstić information content (AvgIpc) is 2.32. The molecule has 1 aromatic heterocycles. The first kappa shape index (κ1) is 11.4. The molecule has 0 amide bonds. The lowest BCUT2D eigenvalue weighted by atomic mass is 10.00. The highest BCUT2D eigenvalue weighted by Gasteiger charge is 2.07.